The monoisotopic (exact) mass is 320 g/mol. The Morgan fingerprint density at radius 2 is 2.09 bits per heavy atom. The molecule has 0 spiro atoms. The lowest BCUT2D eigenvalue weighted by molar-refractivity contribution is -0.385. The standard InChI is InChI=1S/C17H24N2O4/c1-13-8-9-14(12-16(13)19(21)22)17(20)18-10-5-11-23-15-6-3-2-4-7-15/h8-9,12,15H,2-7,10-11H2,1H3,(H,18,20). The van der Waals surface area contributed by atoms with Crippen molar-refractivity contribution < 1.29 is 14.5 Å². The number of benzene rings is 1. The number of carbonyl (C=O) groups excluding carboxylic acids is 1. The fourth-order valence-corrected chi connectivity index (χ4v) is 2.81. The van der Waals surface area contributed by atoms with Crippen LogP contribution in [-0.2, 0) is 4.74 Å². The summed E-state index contributed by atoms with van der Waals surface area (Å²) in [6.45, 7) is 2.80. The van der Waals surface area contributed by atoms with Gasteiger partial charge in [0.05, 0.1) is 11.0 Å². The van der Waals surface area contributed by atoms with Crippen LogP contribution in [0, 0.1) is 17.0 Å². The van der Waals surface area contributed by atoms with Gasteiger partial charge in [0.25, 0.3) is 11.6 Å². The van der Waals surface area contributed by atoms with Crippen LogP contribution in [0.1, 0.15) is 54.4 Å². The minimum absolute atomic E-state index is 0.0294. The van der Waals surface area contributed by atoms with Gasteiger partial charge in [0.1, 0.15) is 0 Å². The smallest absolute Gasteiger partial charge is 0.273 e. The minimum Gasteiger partial charge on any atom is -0.378 e. The first-order valence-electron chi connectivity index (χ1n) is 8.23. The summed E-state index contributed by atoms with van der Waals surface area (Å²) in [5.41, 5.74) is 0.834. The van der Waals surface area contributed by atoms with Crippen LogP contribution in [0.5, 0.6) is 0 Å². The van der Waals surface area contributed by atoms with E-state index in [0.717, 1.165) is 19.3 Å². The summed E-state index contributed by atoms with van der Waals surface area (Å²) >= 11 is 0. The fraction of sp³-hybridized carbons (Fsp3) is 0.588. The van der Waals surface area contributed by atoms with Gasteiger partial charge in [-0.1, -0.05) is 25.3 Å². The molecule has 1 aromatic carbocycles. The van der Waals surface area contributed by atoms with Crippen LogP contribution in [0.4, 0.5) is 5.69 Å². The molecular weight excluding hydrogens is 296 g/mol. The van der Waals surface area contributed by atoms with Crippen molar-refractivity contribution in [2.45, 2.75) is 51.6 Å². The number of hydrogen-bond donors (Lipinski definition) is 1. The molecule has 0 bridgehead atoms. The van der Waals surface area contributed by atoms with E-state index in [1.807, 2.05) is 0 Å². The summed E-state index contributed by atoms with van der Waals surface area (Å²) < 4.78 is 5.80. The molecule has 23 heavy (non-hydrogen) atoms. The van der Waals surface area contributed by atoms with Crippen molar-refractivity contribution in [3.05, 3.63) is 39.4 Å². The Hall–Kier alpha value is -1.95. The molecule has 6 nitrogen and oxygen atoms in total. The van der Waals surface area contributed by atoms with E-state index < -0.39 is 4.92 Å². The van der Waals surface area contributed by atoms with Gasteiger partial charge in [-0.05, 0) is 32.3 Å². The summed E-state index contributed by atoms with van der Waals surface area (Å²) in [7, 11) is 0. The second-order valence-electron chi connectivity index (χ2n) is 6.00. The Kier molecular flexibility index (Phi) is 6.52. The number of carbonyl (C=O) groups is 1. The Morgan fingerprint density at radius 3 is 2.78 bits per heavy atom. The largest absolute Gasteiger partial charge is 0.378 e. The first-order chi connectivity index (χ1) is 11.1. The maximum Gasteiger partial charge on any atom is 0.273 e. The summed E-state index contributed by atoms with van der Waals surface area (Å²) in [5, 5.41) is 13.7. The SMILES string of the molecule is Cc1ccc(C(=O)NCCCOC2CCCCC2)cc1[N+](=O)[O-]. The molecule has 1 fully saturated rings. The predicted molar refractivity (Wildman–Crippen MR) is 87.6 cm³/mol. The Balaban J connectivity index is 1.72. The van der Waals surface area contributed by atoms with Gasteiger partial charge < -0.3 is 10.1 Å². The van der Waals surface area contributed by atoms with Crippen LogP contribution in [0.3, 0.4) is 0 Å². The molecule has 1 aliphatic rings. The average Bonchev–Trinajstić information content (AvgIpc) is 2.55. The number of hydrogen-bond acceptors (Lipinski definition) is 4. The van der Waals surface area contributed by atoms with E-state index in [2.05, 4.69) is 5.32 Å². The van der Waals surface area contributed by atoms with Gasteiger partial charge in [0, 0.05) is 30.3 Å². The third kappa shape index (κ3) is 5.32. The van der Waals surface area contributed by atoms with E-state index in [0.29, 0.717) is 30.4 Å². The van der Waals surface area contributed by atoms with Crippen molar-refractivity contribution in [3.63, 3.8) is 0 Å². The summed E-state index contributed by atoms with van der Waals surface area (Å²) in [6.07, 6.45) is 7.19. The second-order valence-corrected chi connectivity index (χ2v) is 6.00. The average molecular weight is 320 g/mol. The molecule has 0 aliphatic heterocycles. The van der Waals surface area contributed by atoms with E-state index in [9.17, 15) is 14.9 Å². The lowest BCUT2D eigenvalue weighted by Crippen LogP contribution is -2.26. The van der Waals surface area contributed by atoms with Gasteiger partial charge in [0.2, 0.25) is 0 Å². The summed E-state index contributed by atoms with van der Waals surface area (Å²) in [4.78, 5) is 22.5. The maximum atomic E-state index is 12.0. The van der Waals surface area contributed by atoms with Crippen molar-refractivity contribution >= 4 is 11.6 Å². The number of nitro benzene ring substituents is 1. The number of amides is 1. The molecular formula is C17H24N2O4. The first kappa shape index (κ1) is 17.4. The number of nitrogens with zero attached hydrogens (tertiary/aromatic N) is 1. The van der Waals surface area contributed by atoms with Gasteiger partial charge in [-0.15, -0.1) is 0 Å². The number of nitrogens with one attached hydrogen (secondary N) is 1. The molecule has 1 aliphatic carbocycles. The van der Waals surface area contributed by atoms with Crippen molar-refractivity contribution in [1.82, 2.24) is 5.32 Å². The van der Waals surface area contributed by atoms with Gasteiger partial charge in [-0.3, -0.25) is 14.9 Å². The number of nitro groups is 1. The number of aryl methyl sites for hydroxylation is 1. The molecule has 126 valence electrons. The molecule has 1 amide bonds. The van der Waals surface area contributed by atoms with Gasteiger partial charge in [-0.25, -0.2) is 0 Å². The van der Waals surface area contributed by atoms with E-state index in [1.54, 1.807) is 19.1 Å². The number of rotatable bonds is 7. The molecule has 1 aromatic rings. The summed E-state index contributed by atoms with van der Waals surface area (Å²) in [5.74, 6) is -0.286. The molecule has 6 heteroatoms. The van der Waals surface area contributed by atoms with Crippen molar-refractivity contribution in [1.29, 1.82) is 0 Å². The lowest BCUT2D eigenvalue weighted by Gasteiger charge is -2.21. The van der Waals surface area contributed by atoms with E-state index in [-0.39, 0.29) is 11.6 Å². The molecule has 0 saturated heterocycles. The van der Waals surface area contributed by atoms with Gasteiger partial charge >= 0.3 is 0 Å². The molecule has 0 aromatic heterocycles. The first-order valence-corrected chi connectivity index (χ1v) is 8.23. The minimum atomic E-state index is -0.468. The zero-order chi connectivity index (χ0) is 16.7. The van der Waals surface area contributed by atoms with E-state index in [1.165, 1.54) is 25.3 Å². The zero-order valence-electron chi connectivity index (χ0n) is 13.5. The highest BCUT2D eigenvalue weighted by molar-refractivity contribution is 5.94. The molecule has 0 radical (unpaired) electrons. The second kappa shape index (κ2) is 8.62. The van der Waals surface area contributed by atoms with Crippen molar-refractivity contribution in [2.75, 3.05) is 13.2 Å². The van der Waals surface area contributed by atoms with E-state index in [4.69, 9.17) is 4.74 Å². The van der Waals surface area contributed by atoms with Crippen LogP contribution >= 0.6 is 0 Å². The zero-order valence-corrected chi connectivity index (χ0v) is 13.5. The van der Waals surface area contributed by atoms with Crippen LogP contribution in [0.15, 0.2) is 18.2 Å². The van der Waals surface area contributed by atoms with E-state index >= 15 is 0 Å². The quantitative estimate of drug-likeness (QED) is 0.474. The van der Waals surface area contributed by atoms with Gasteiger partial charge in [0.15, 0.2) is 0 Å². The third-order valence-electron chi connectivity index (χ3n) is 4.18. The lowest BCUT2D eigenvalue weighted by atomic mass is 9.98. The number of ether oxygens (including phenoxy) is 1. The van der Waals surface area contributed by atoms with Crippen LogP contribution in [-0.4, -0.2) is 30.1 Å². The highest BCUT2D eigenvalue weighted by atomic mass is 16.6. The topological polar surface area (TPSA) is 81.5 Å². The van der Waals surface area contributed by atoms with Crippen LogP contribution < -0.4 is 5.32 Å². The fourth-order valence-electron chi connectivity index (χ4n) is 2.81. The van der Waals surface area contributed by atoms with Gasteiger partial charge in [-0.2, -0.15) is 0 Å². The molecule has 1 N–H and O–H groups in total. The normalized spacial score (nSPS) is 15.3. The third-order valence-corrected chi connectivity index (χ3v) is 4.18. The van der Waals surface area contributed by atoms with Crippen molar-refractivity contribution in [2.24, 2.45) is 0 Å². The Bertz CT molecular complexity index is 554. The van der Waals surface area contributed by atoms with Crippen LogP contribution in [0.2, 0.25) is 0 Å². The summed E-state index contributed by atoms with van der Waals surface area (Å²) in [6, 6.07) is 4.53. The molecule has 2 rings (SSSR count). The molecule has 1 saturated carbocycles. The molecule has 0 unspecified atom stereocenters. The maximum absolute atomic E-state index is 12.0. The Labute approximate surface area is 136 Å². The highest BCUT2D eigenvalue weighted by Crippen LogP contribution is 2.20. The van der Waals surface area contributed by atoms with Crippen LogP contribution in [0.25, 0.3) is 0 Å². The predicted octanol–water partition coefficient (Wildman–Crippen LogP) is 3.37. The highest BCUT2D eigenvalue weighted by Gasteiger charge is 2.15. The Morgan fingerprint density at radius 1 is 1.35 bits per heavy atom. The molecule has 0 atom stereocenters. The molecule has 0 heterocycles. The van der Waals surface area contributed by atoms with Crippen molar-refractivity contribution in [3.8, 4) is 0 Å².